The number of aldehydes is 1. The van der Waals surface area contributed by atoms with Gasteiger partial charge in [0, 0.05) is 11.8 Å². The minimum atomic E-state index is -0.771. The van der Waals surface area contributed by atoms with Crippen LogP contribution in [-0.4, -0.2) is 12.1 Å². The zero-order valence-electron chi connectivity index (χ0n) is 10.9. The molecule has 0 unspecified atom stereocenters. The summed E-state index contributed by atoms with van der Waals surface area (Å²) in [7, 11) is 0. The van der Waals surface area contributed by atoms with Gasteiger partial charge in [0.25, 0.3) is 0 Å². The highest BCUT2D eigenvalue weighted by molar-refractivity contribution is 6.00. The first-order valence-electron chi connectivity index (χ1n) is 6.64. The maximum atomic E-state index is 12.4. The smallest absolute Gasteiger partial charge is 0.147 e. The molecular weight excluding hydrogens is 212 g/mol. The summed E-state index contributed by atoms with van der Waals surface area (Å²) in [6.07, 6.45) is 6.16. The van der Waals surface area contributed by atoms with Crippen LogP contribution < -0.4 is 0 Å². The van der Waals surface area contributed by atoms with E-state index in [1.54, 1.807) is 0 Å². The van der Waals surface area contributed by atoms with E-state index >= 15 is 0 Å². The van der Waals surface area contributed by atoms with Crippen molar-refractivity contribution in [2.75, 3.05) is 0 Å². The van der Waals surface area contributed by atoms with Crippen LogP contribution in [0.5, 0.6) is 0 Å². The molecule has 17 heavy (non-hydrogen) atoms. The predicted molar refractivity (Wildman–Crippen MR) is 67.6 cm³/mol. The molecule has 3 atom stereocenters. The average molecular weight is 234 g/mol. The van der Waals surface area contributed by atoms with Crippen molar-refractivity contribution < 1.29 is 9.59 Å². The molecule has 2 aliphatic carbocycles. The number of rotatable bonds is 2. The Kier molecular flexibility index (Phi) is 3.01. The molecule has 2 rings (SSSR count). The zero-order valence-corrected chi connectivity index (χ0v) is 10.9. The fourth-order valence-corrected chi connectivity index (χ4v) is 3.70. The summed E-state index contributed by atoms with van der Waals surface area (Å²) in [5, 5.41) is 0. The summed E-state index contributed by atoms with van der Waals surface area (Å²) < 4.78 is 0. The Labute approximate surface area is 103 Å². The van der Waals surface area contributed by atoms with Crippen molar-refractivity contribution in [3.63, 3.8) is 0 Å². The lowest BCUT2D eigenvalue weighted by atomic mass is 9.55. The maximum Gasteiger partial charge on any atom is 0.147 e. The van der Waals surface area contributed by atoms with Crippen molar-refractivity contribution in [2.24, 2.45) is 16.7 Å². The molecule has 94 valence electrons. The molecule has 2 heteroatoms. The first kappa shape index (κ1) is 12.5. The minimum absolute atomic E-state index is 0.150. The van der Waals surface area contributed by atoms with E-state index < -0.39 is 5.41 Å². The van der Waals surface area contributed by atoms with Gasteiger partial charge in [0.1, 0.15) is 12.1 Å². The second kappa shape index (κ2) is 4.08. The van der Waals surface area contributed by atoms with E-state index in [2.05, 4.69) is 20.4 Å². The van der Waals surface area contributed by atoms with Crippen LogP contribution in [0.25, 0.3) is 0 Å². The second-order valence-corrected chi connectivity index (χ2v) is 6.15. The molecule has 0 amide bonds. The van der Waals surface area contributed by atoms with E-state index in [1.807, 2.05) is 0 Å². The van der Waals surface area contributed by atoms with Gasteiger partial charge in [0.05, 0.1) is 5.41 Å². The fourth-order valence-electron chi connectivity index (χ4n) is 3.70. The number of hydrogen-bond acceptors (Lipinski definition) is 2. The van der Waals surface area contributed by atoms with Crippen molar-refractivity contribution in [1.82, 2.24) is 0 Å². The number of carbonyl (C=O) groups is 2. The first-order valence-corrected chi connectivity index (χ1v) is 6.64. The highest BCUT2D eigenvalue weighted by Crippen LogP contribution is 2.57. The lowest BCUT2D eigenvalue weighted by Gasteiger charge is -2.46. The molecular formula is C15H22O2. The van der Waals surface area contributed by atoms with Gasteiger partial charge in [0.15, 0.2) is 0 Å². The summed E-state index contributed by atoms with van der Waals surface area (Å²) in [5.41, 5.74) is 0.0477. The zero-order chi connectivity index (χ0) is 12.7. The Balaban J connectivity index is 2.40. The highest BCUT2D eigenvalue weighted by atomic mass is 16.1. The van der Waals surface area contributed by atoms with E-state index in [9.17, 15) is 9.59 Å². The molecule has 2 saturated carbocycles. The molecule has 2 aliphatic rings. The summed E-state index contributed by atoms with van der Waals surface area (Å²) in [4.78, 5) is 24.1. The summed E-state index contributed by atoms with van der Waals surface area (Å²) in [5.74, 6) is 0.575. The SMILES string of the molecule is C=C1CCC[C@]1(C)[C@]1(C=O)CC[C@H](C)CC1=O. The molecule has 0 aromatic rings. The van der Waals surface area contributed by atoms with Gasteiger partial charge in [-0.15, -0.1) is 0 Å². The van der Waals surface area contributed by atoms with Crippen LogP contribution in [0.2, 0.25) is 0 Å². The van der Waals surface area contributed by atoms with E-state index in [0.29, 0.717) is 18.8 Å². The molecule has 0 N–H and O–H groups in total. The molecule has 0 heterocycles. The maximum absolute atomic E-state index is 12.4. The molecule has 0 aromatic heterocycles. The van der Waals surface area contributed by atoms with Gasteiger partial charge in [-0.3, -0.25) is 4.79 Å². The predicted octanol–water partition coefficient (Wildman–Crippen LogP) is 3.31. The number of allylic oxidation sites excluding steroid dienone is 1. The standard InChI is InChI=1S/C15H22O2/c1-11-6-8-15(10-16,13(17)9-11)14(3)7-4-5-12(14)2/h10-11H,2,4-9H2,1,3H3/t11-,14-,15-/m0/s1. The lowest BCUT2D eigenvalue weighted by Crippen LogP contribution is -2.49. The monoisotopic (exact) mass is 234 g/mol. The number of ketones is 1. The molecule has 0 radical (unpaired) electrons. The number of Topliss-reactive ketones (excluding diaryl/α,β-unsaturated/α-hetero) is 1. The Bertz CT molecular complexity index is 371. The summed E-state index contributed by atoms with van der Waals surface area (Å²) in [6, 6.07) is 0. The molecule has 0 aromatic carbocycles. The molecule has 0 saturated heterocycles. The van der Waals surface area contributed by atoms with Gasteiger partial charge in [-0.1, -0.05) is 26.0 Å². The molecule has 0 aliphatic heterocycles. The Hall–Kier alpha value is -0.920. The normalized spacial score (nSPS) is 42.8. The minimum Gasteiger partial charge on any atom is -0.302 e. The lowest BCUT2D eigenvalue weighted by molar-refractivity contribution is -0.145. The topological polar surface area (TPSA) is 34.1 Å². The van der Waals surface area contributed by atoms with Gasteiger partial charge >= 0.3 is 0 Å². The average Bonchev–Trinajstić information content (AvgIpc) is 2.61. The van der Waals surface area contributed by atoms with Crippen LogP contribution in [0, 0.1) is 16.7 Å². The van der Waals surface area contributed by atoms with E-state index in [1.165, 1.54) is 0 Å². The molecule has 0 bridgehead atoms. The second-order valence-electron chi connectivity index (χ2n) is 6.15. The fraction of sp³-hybridized carbons (Fsp3) is 0.733. The summed E-state index contributed by atoms with van der Waals surface area (Å²) in [6.45, 7) is 8.29. The van der Waals surface area contributed by atoms with Crippen LogP contribution in [0.4, 0.5) is 0 Å². The number of carbonyl (C=O) groups excluding carboxylic acids is 2. The molecule has 2 fully saturated rings. The van der Waals surface area contributed by atoms with Gasteiger partial charge in [-0.25, -0.2) is 0 Å². The van der Waals surface area contributed by atoms with Crippen LogP contribution in [-0.2, 0) is 9.59 Å². The largest absolute Gasteiger partial charge is 0.302 e. The van der Waals surface area contributed by atoms with Gasteiger partial charge in [0.2, 0.25) is 0 Å². The quantitative estimate of drug-likeness (QED) is 0.417. The van der Waals surface area contributed by atoms with Crippen LogP contribution in [0.3, 0.4) is 0 Å². The third-order valence-electron chi connectivity index (χ3n) is 5.18. The summed E-state index contributed by atoms with van der Waals surface area (Å²) >= 11 is 0. The van der Waals surface area contributed by atoms with E-state index in [-0.39, 0.29) is 11.2 Å². The van der Waals surface area contributed by atoms with Crippen molar-refractivity contribution in [3.8, 4) is 0 Å². The van der Waals surface area contributed by atoms with Crippen molar-refractivity contribution >= 4 is 12.1 Å². The Morgan fingerprint density at radius 1 is 1.41 bits per heavy atom. The van der Waals surface area contributed by atoms with Gasteiger partial charge in [-0.05, 0) is 38.0 Å². The van der Waals surface area contributed by atoms with E-state index in [0.717, 1.165) is 37.5 Å². The van der Waals surface area contributed by atoms with Crippen molar-refractivity contribution in [2.45, 2.75) is 52.4 Å². The molecule has 0 spiro atoms. The van der Waals surface area contributed by atoms with Gasteiger partial charge in [-0.2, -0.15) is 0 Å². The Morgan fingerprint density at radius 3 is 2.59 bits per heavy atom. The van der Waals surface area contributed by atoms with Crippen molar-refractivity contribution in [1.29, 1.82) is 0 Å². The third kappa shape index (κ3) is 1.61. The van der Waals surface area contributed by atoms with Crippen LogP contribution in [0.1, 0.15) is 52.4 Å². The Morgan fingerprint density at radius 2 is 2.12 bits per heavy atom. The third-order valence-corrected chi connectivity index (χ3v) is 5.18. The highest BCUT2D eigenvalue weighted by Gasteiger charge is 2.56. The van der Waals surface area contributed by atoms with Crippen molar-refractivity contribution in [3.05, 3.63) is 12.2 Å². The molecule has 2 nitrogen and oxygen atoms in total. The van der Waals surface area contributed by atoms with Crippen LogP contribution >= 0.6 is 0 Å². The van der Waals surface area contributed by atoms with Gasteiger partial charge < -0.3 is 4.79 Å². The number of hydrogen-bond donors (Lipinski definition) is 0. The first-order chi connectivity index (χ1) is 7.96. The van der Waals surface area contributed by atoms with Crippen LogP contribution in [0.15, 0.2) is 12.2 Å². The van der Waals surface area contributed by atoms with E-state index in [4.69, 9.17) is 0 Å².